The highest BCUT2D eigenvalue weighted by Gasteiger charge is 2.18. The standard InChI is InChI=1S/C19H14N4OS3/c1-10(27-19-20-12-5-2-3-6-13(12)21-19)16-22-17(24)15-11(9-26-18(15)23-16)14-7-4-8-25-14/h2-10H,1H3,(H,20,21)(H,22,23,24)/t10-/m0/s1. The number of aromatic amines is 2. The number of aromatic nitrogens is 4. The quantitative estimate of drug-likeness (QED) is 0.387. The van der Waals surface area contributed by atoms with Crippen LogP contribution in [0.4, 0.5) is 0 Å². The maximum absolute atomic E-state index is 12.8. The van der Waals surface area contributed by atoms with Crippen LogP contribution >= 0.6 is 34.4 Å². The first-order chi connectivity index (χ1) is 13.2. The zero-order valence-corrected chi connectivity index (χ0v) is 16.7. The maximum Gasteiger partial charge on any atom is 0.260 e. The molecule has 0 unspecified atom stereocenters. The Morgan fingerprint density at radius 2 is 1.96 bits per heavy atom. The molecule has 27 heavy (non-hydrogen) atoms. The molecule has 5 aromatic rings. The highest BCUT2D eigenvalue weighted by atomic mass is 32.2. The monoisotopic (exact) mass is 410 g/mol. The number of hydrogen-bond acceptors (Lipinski definition) is 6. The van der Waals surface area contributed by atoms with Gasteiger partial charge < -0.3 is 9.97 Å². The SMILES string of the molecule is C[C@H](Sc1nc2ccccc2[nH]1)c1nc2scc(-c3cccs3)c2c(=O)[nH]1. The predicted molar refractivity (Wildman–Crippen MR) is 114 cm³/mol. The zero-order chi connectivity index (χ0) is 18.4. The fourth-order valence-corrected chi connectivity index (χ4v) is 5.63. The Balaban J connectivity index is 1.50. The van der Waals surface area contributed by atoms with Crippen LogP contribution in [0.1, 0.15) is 18.0 Å². The molecule has 4 aromatic heterocycles. The van der Waals surface area contributed by atoms with E-state index in [1.54, 1.807) is 23.1 Å². The Morgan fingerprint density at radius 1 is 1.07 bits per heavy atom. The van der Waals surface area contributed by atoms with Gasteiger partial charge in [0.05, 0.1) is 21.7 Å². The molecule has 134 valence electrons. The second-order valence-electron chi connectivity index (χ2n) is 6.08. The van der Waals surface area contributed by atoms with Gasteiger partial charge in [-0.15, -0.1) is 22.7 Å². The summed E-state index contributed by atoms with van der Waals surface area (Å²) in [6.45, 7) is 2.02. The van der Waals surface area contributed by atoms with Gasteiger partial charge >= 0.3 is 0 Å². The summed E-state index contributed by atoms with van der Waals surface area (Å²) in [7, 11) is 0. The van der Waals surface area contributed by atoms with E-state index < -0.39 is 0 Å². The fraction of sp³-hybridized carbons (Fsp3) is 0.105. The molecule has 0 aliphatic carbocycles. The molecule has 8 heteroatoms. The van der Waals surface area contributed by atoms with Crippen LogP contribution in [0.25, 0.3) is 31.7 Å². The Bertz CT molecular complexity index is 1270. The van der Waals surface area contributed by atoms with Crippen LogP contribution in [0.3, 0.4) is 0 Å². The first kappa shape index (κ1) is 16.7. The molecule has 0 saturated heterocycles. The molecule has 1 atom stereocenters. The van der Waals surface area contributed by atoms with E-state index in [1.807, 2.05) is 54.1 Å². The number of rotatable bonds is 4. The zero-order valence-electron chi connectivity index (χ0n) is 14.2. The van der Waals surface area contributed by atoms with E-state index in [1.165, 1.54) is 11.3 Å². The van der Waals surface area contributed by atoms with Crippen LogP contribution < -0.4 is 5.56 Å². The Morgan fingerprint density at radius 3 is 2.78 bits per heavy atom. The van der Waals surface area contributed by atoms with E-state index in [2.05, 4.69) is 15.0 Å². The van der Waals surface area contributed by atoms with Crippen molar-refractivity contribution in [3.05, 3.63) is 63.3 Å². The molecule has 0 aliphatic heterocycles. The molecule has 5 rings (SSSR count). The number of thiophene rings is 2. The number of imidazole rings is 1. The lowest BCUT2D eigenvalue weighted by atomic mass is 10.2. The van der Waals surface area contributed by atoms with Crippen LogP contribution in [0.2, 0.25) is 0 Å². The van der Waals surface area contributed by atoms with Crippen LogP contribution in [0.15, 0.2) is 57.1 Å². The maximum atomic E-state index is 12.8. The summed E-state index contributed by atoms with van der Waals surface area (Å²) in [6.07, 6.45) is 0. The van der Waals surface area contributed by atoms with Crippen LogP contribution in [0, 0.1) is 0 Å². The van der Waals surface area contributed by atoms with Crippen molar-refractivity contribution in [2.45, 2.75) is 17.3 Å². The normalized spacial score (nSPS) is 12.8. The summed E-state index contributed by atoms with van der Waals surface area (Å²) in [5.41, 5.74) is 2.81. The third-order valence-corrected chi connectivity index (χ3v) is 7.06. The molecular formula is C19H14N4OS3. The van der Waals surface area contributed by atoms with Gasteiger partial charge in [0.25, 0.3) is 5.56 Å². The van der Waals surface area contributed by atoms with Crippen molar-refractivity contribution in [1.29, 1.82) is 0 Å². The summed E-state index contributed by atoms with van der Waals surface area (Å²) >= 11 is 4.69. The van der Waals surface area contributed by atoms with Crippen molar-refractivity contribution >= 4 is 55.7 Å². The lowest BCUT2D eigenvalue weighted by molar-refractivity contribution is 0.917. The average molecular weight is 411 g/mol. The highest BCUT2D eigenvalue weighted by molar-refractivity contribution is 7.99. The average Bonchev–Trinajstić information content (AvgIpc) is 3.39. The van der Waals surface area contributed by atoms with Gasteiger partial charge in [0.1, 0.15) is 10.7 Å². The molecule has 4 heterocycles. The van der Waals surface area contributed by atoms with E-state index >= 15 is 0 Å². The van der Waals surface area contributed by atoms with E-state index in [9.17, 15) is 4.79 Å². The smallest absolute Gasteiger partial charge is 0.260 e. The van der Waals surface area contributed by atoms with Crippen molar-refractivity contribution in [2.24, 2.45) is 0 Å². The number of thioether (sulfide) groups is 1. The summed E-state index contributed by atoms with van der Waals surface area (Å²) < 4.78 is 0. The number of para-hydroxylation sites is 2. The second kappa shape index (κ2) is 6.63. The van der Waals surface area contributed by atoms with Crippen molar-refractivity contribution < 1.29 is 0 Å². The summed E-state index contributed by atoms with van der Waals surface area (Å²) in [6, 6.07) is 11.9. The fourth-order valence-electron chi connectivity index (χ4n) is 2.98. The molecule has 0 spiro atoms. The first-order valence-electron chi connectivity index (χ1n) is 8.36. The van der Waals surface area contributed by atoms with Crippen LogP contribution in [0.5, 0.6) is 0 Å². The van der Waals surface area contributed by atoms with Crippen molar-refractivity contribution in [1.82, 2.24) is 19.9 Å². The van der Waals surface area contributed by atoms with Gasteiger partial charge in [0, 0.05) is 15.8 Å². The molecule has 0 amide bonds. The minimum atomic E-state index is -0.0864. The van der Waals surface area contributed by atoms with Gasteiger partial charge in [-0.3, -0.25) is 4.79 Å². The number of benzene rings is 1. The van der Waals surface area contributed by atoms with Crippen molar-refractivity contribution in [3.63, 3.8) is 0 Å². The van der Waals surface area contributed by atoms with Gasteiger partial charge in [-0.05, 0) is 30.5 Å². The van der Waals surface area contributed by atoms with E-state index in [0.717, 1.165) is 31.5 Å². The molecule has 0 aliphatic rings. The summed E-state index contributed by atoms with van der Waals surface area (Å²) in [4.78, 5) is 30.2. The van der Waals surface area contributed by atoms with Crippen molar-refractivity contribution in [2.75, 3.05) is 0 Å². The molecule has 0 saturated carbocycles. The number of fused-ring (bicyclic) bond motifs is 2. The highest BCUT2D eigenvalue weighted by Crippen LogP contribution is 2.36. The Hall–Kier alpha value is -2.42. The van der Waals surface area contributed by atoms with E-state index in [0.29, 0.717) is 11.2 Å². The molecule has 5 nitrogen and oxygen atoms in total. The Labute approximate surface area is 166 Å². The van der Waals surface area contributed by atoms with Gasteiger partial charge in [0.2, 0.25) is 0 Å². The van der Waals surface area contributed by atoms with Crippen molar-refractivity contribution in [3.8, 4) is 10.4 Å². The Kier molecular flexibility index (Phi) is 4.11. The topological polar surface area (TPSA) is 74.4 Å². The van der Waals surface area contributed by atoms with Crippen LogP contribution in [-0.2, 0) is 0 Å². The summed E-state index contributed by atoms with van der Waals surface area (Å²) in [5.74, 6) is 0.664. The predicted octanol–water partition coefficient (Wildman–Crippen LogP) is 5.44. The molecule has 1 aromatic carbocycles. The third kappa shape index (κ3) is 2.99. The third-order valence-electron chi connectivity index (χ3n) is 4.29. The lowest BCUT2D eigenvalue weighted by Crippen LogP contribution is -2.12. The molecular weight excluding hydrogens is 396 g/mol. The van der Waals surface area contributed by atoms with Gasteiger partial charge in [0.15, 0.2) is 5.16 Å². The van der Waals surface area contributed by atoms with Gasteiger partial charge in [-0.25, -0.2) is 9.97 Å². The molecule has 0 radical (unpaired) electrons. The largest absolute Gasteiger partial charge is 0.333 e. The van der Waals surface area contributed by atoms with E-state index in [-0.39, 0.29) is 10.8 Å². The molecule has 2 N–H and O–H groups in total. The minimum Gasteiger partial charge on any atom is -0.333 e. The van der Waals surface area contributed by atoms with E-state index in [4.69, 9.17) is 4.98 Å². The number of nitrogens with zero attached hydrogens (tertiary/aromatic N) is 2. The lowest BCUT2D eigenvalue weighted by Gasteiger charge is -2.08. The van der Waals surface area contributed by atoms with Gasteiger partial charge in [-0.2, -0.15) is 0 Å². The summed E-state index contributed by atoms with van der Waals surface area (Å²) in [5, 5.41) is 5.49. The first-order valence-corrected chi connectivity index (χ1v) is 11.0. The minimum absolute atomic E-state index is 0.0325. The molecule has 0 bridgehead atoms. The number of nitrogens with one attached hydrogen (secondary N) is 2. The number of hydrogen-bond donors (Lipinski definition) is 2. The van der Waals surface area contributed by atoms with Crippen LogP contribution in [-0.4, -0.2) is 19.9 Å². The van der Waals surface area contributed by atoms with Gasteiger partial charge in [-0.1, -0.05) is 30.0 Å². The number of H-pyrrole nitrogens is 2. The molecule has 0 fully saturated rings. The second-order valence-corrected chi connectivity index (χ2v) is 9.21.